The van der Waals surface area contributed by atoms with Gasteiger partial charge in [-0.1, -0.05) is 6.07 Å². The fourth-order valence-corrected chi connectivity index (χ4v) is 3.01. The third-order valence-corrected chi connectivity index (χ3v) is 4.39. The van der Waals surface area contributed by atoms with Crippen LogP contribution in [0.1, 0.15) is 36.1 Å². The van der Waals surface area contributed by atoms with E-state index in [9.17, 15) is 5.11 Å². The van der Waals surface area contributed by atoms with Crippen molar-refractivity contribution in [3.8, 4) is 0 Å². The van der Waals surface area contributed by atoms with Crippen LogP contribution in [-0.4, -0.2) is 22.2 Å². The van der Waals surface area contributed by atoms with Crippen LogP contribution in [0.3, 0.4) is 0 Å². The molecule has 102 valence electrons. The van der Waals surface area contributed by atoms with Crippen molar-refractivity contribution in [3.05, 3.63) is 35.0 Å². The van der Waals surface area contributed by atoms with E-state index in [1.54, 1.807) is 0 Å². The molecule has 1 aliphatic rings. The van der Waals surface area contributed by atoms with E-state index in [0.717, 1.165) is 25.8 Å². The summed E-state index contributed by atoms with van der Waals surface area (Å²) in [5, 5.41) is 14.4. The standard InChI is InChI=1S/C16H22N2O/c1-10-3-6-16-15(11(10)2)8-13(18-16)9-17-12-4-5-14(19)7-12/h3,6,8,12,14,17-19H,4-5,7,9H2,1-2H3/t12-,14+/m0/s1. The van der Waals surface area contributed by atoms with E-state index in [0.29, 0.717) is 6.04 Å². The highest BCUT2D eigenvalue weighted by Crippen LogP contribution is 2.23. The van der Waals surface area contributed by atoms with Crippen molar-refractivity contribution < 1.29 is 5.11 Å². The molecule has 1 aromatic carbocycles. The molecular formula is C16H22N2O. The Morgan fingerprint density at radius 2 is 2.16 bits per heavy atom. The highest BCUT2D eigenvalue weighted by molar-refractivity contribution is 5.84. The Labute approximate surface area is 114 Å². The highest BCUT2D eigenvalue weighted by atomic mass is 16.3. The number of aromatic nitrogens is 1. The maximum absolute atomic E-state index is 9.53. The predicted octanol–water partition coefficient (Wildman–Crippen LogP) is 2.79. The van der Waals surface area contributed by atoms with E-state index in [-0.39, 0.29) is 6.10 Å². The van der Waals surface area contributed by atoms with Gasteiger partial charge in [-0.15, -0.1) is 0 Å². The van der Waals surface area contributed by atoms with Crippen LogP contribution < -0.4 is 5.32 Å². The van der Waals surface area contributed by atoms with Crippen LogP contribution in [0, 0.1) is 13.8 Å². The van der Waals surface area contributed by atoms with Crippen molar-refractivity contribution >= 4 is 10.9 Å². The van der Waals surface area contributed by atoms with Crippen molar-refractivity contribution in [3.63, 3.8) is 0 Å². The number of aryl methyl sites for hydroxylation is 2. The van der Waals surface area contributed by atoms with E-state index in [1.807, 2.05) is 0 Å². The van der Waals surface area contributed by atoms with Gasteiger partial charge in [0.1, 0.15) is 0 Å². The summed E-state index contributed by atoms with van der Waals surface area (Å²) in [6.45, 7) is 5.18. The summed E-state index contributed by atoms with van der Waals surface area (Å²) in [5.74, 6) is 0. The van der Waals surface area contributed by atoms with E-state index in [4.69, 9.17) is 0 Å². The Morgan fingerprint density at radius 1 is 1.32 bits per heavy atom. The lowest BCUT2D eigenvalue weighted by Gasteiger charge is -2.10. The molecule has 3 N–H and O–H groups in total. The third kappa shape index (κ3) is 2.53. The Hall–Kier alpha value is -1.32. The lowest BCUT2D eigenvalue weighted by molar-refractivity contribution is 0.179. The Bertz CT molecular complexity index is 588. The molecule has 0 amide bonds. The van der Waals surface area contributed by atoms with Gasteiger partial charge in [-0.2, -0.15) is 0 Å². The summed E-state index contributed by atoms with van der Waals surface area (Å²) in [5.41, 5.74) is 5.14. The minimum atomic E-state index is -0.106. The van der Waals surface area contributed by atoms with Crippen LogP contribution in [0.15, 0.2) is 18.2 Å². The summed E-state index contributed by atoms with van der Waals surface area (Å²) in [6, 6.07) is 7.03. The number of H-pyrrole nitrogens is 1. The first kappa shape index (κ1) is 12.7. The van der Waals surface area contributed by atoms with Gasteiger partial charge in [0.25, 0.3) is 0 Å². The van der Waals surface area contributed by atoms with Crippen molar-refractivity contribution in [1.29, 1.82) is 0 Å². The van der Waals surface area contributed by atoms with Crippen LogP contribution >= 0.6 is 0 Å². The van der Waals surface area contributed by atoms with Gasteiger partial charge in [-0.25, -0.2) is 0 Å². The van der Waals surface area contributed by atoms with Crippen molar-refractivity contribution in [2.75, 3.05) is 0 Å². The van der Waals surface area contributed by atoms with Crippen LogP contribution in [-0.2, 0) is 6.54 Å². The number of hydrogen-bond donors (Lipinski definition) is 3. The number of aliphatic hydroxyl groups is 1. The number of benzene rings is 1. The first-order chi connectivity index (χ1) is 9.13. The fraction of sp³-hybridized carbons (Fsp3) is 0.500. The minimum Gasteiger partial charge on any atom is -0.393 e. The Morgan fingerprint density at radius 3 is 2.89 bits per heavy atom. The fourth-order valence-electron chi connectivity index (χ4n) is 3.01. The average molecular weight is 258 g/mol. The molecule has 2 atom stereocenters. The largest absolute Gasteiger partial charge is 0.393 e. The number of fused-ring (bicyclic) bond motifs is 1. The molecule has 0 saturated heterocycles. The number of aliphatic hydroxyl groups excluding tert-OH is 1. The number of aromatic amines is 1. The molecule has 0 aliphatic heterocycles. The summed E-state index contributed by atoms with van der Waals surface area (Å²) in [4.78, 5) is 3.47. The molecule has 1 heterocycles. The van der Waals surface area contributed by atoms with Gasteiger partial charge in [0.05, 0.1) is 6.10 Å². The summed E-state index contributed by atoms with van der Waals surface area (Å²) < 4.78 is 0. The van der Waals surface area contributed by atoms with Crippen LogP contribution in [0.4, 0.5) is 0 Å². The smallest absolute Gasteiger partial charge is 0.0555 e. The maximum atomic E-state index is 9.53. The molecular weight excluding hydrogens is 236 g/mol. The zero-order chi connectivity index (χ0) is 13.4. The van der Waals surface area contributed by atoms with Gasteiger partial charge < -0.3 is 15.4 Å². The number of rotatable bonds is 3. The van der Waals surface area contributed by atoms with Gasteiger partial charge >= 0.3 is 0 Å². The monoisotopic (exact) mass is 258 g/mol. The predicted molar refractivity (Wildman–Crippen MR) is 78.3 cm³/mol. The van der Waals surface area contributed by atoms with E-state index >= 15 is 0 Å². The second-order valence-corrected chi connectivity index (χ2v) is 5.81. The first-order valence-corrected chi connectivity index (χ1v) is 7.13. The maximum Gasteiger partial charge on any atom is 0.0555 e. The molecule has 1 aromatic heterocycles. The van der Waals surface area contributed by atoms with Crippen molar-refractivity contribution in [1.82, 2.24) is 10.3 Å². The lowest BCUT2D eigenvalue weighted by atomic mass is 10.1. The first-order valence-electron chi connectivity index (χ1n) is 7.13. The molecule has 2 aromatic rings. The van der Waals surface area contributed by atoms with E-state index < -0.39 is 0 Å². The SMILES string of the molecule is Cc1ccc2[nH]c(CN[C@H]3CC[C@@H](O)C3)cc2c1C. The van der Waals surface area contributed by atoms with Crippen molar-refractivity contribution in [2.24, 2.45) is 0 Å². The molecule has 3 rings (SSSR count). The third-order valence-electron chi connectivity index (χ3n) is 4.39. The number of hydrogen-bond acceptors (Lipinski definition) is 2. The average Bonchev–Trinajstić information content (AvgIpc) is 2.98. The molecule has 19 heavy (non-hydrogen) atoms. The van der Waals surface area contributed by atoms with Gasteiger partial charge in [0, 0.05) is 29.2 Å². The normalized spacial score (nSPS) is 23.3. The van der Waals surface area contributed by atoms with Gasteiger partial charge in [-0.3, -0.25) is 0 Å². The molecule has 0 spiro atoms. The van der Waals surface area contributed by atoms with E-state index in [2.05, 4.69) is 42.3 Å². The molecule has 3 nitrogen and oxygen atoms in total. The lowest BCUT2D eigenvalue weighted by Crippen LogP contribution is -2.26. The Kier molecular flexibility index (Phi) is 3.33. The topological polar surface area (TPSA) is 48.0 Å². The van der Waals surface area contributed by atoms with Crippen LogP contribution in [0.2, 0.25) is 0 Å². The highest BCUT2D eigenvalue weighted by Gasteiger charge is 2.22. The molecule has 3 heteroatoms. The van der Waals surface area contributed by atoms with Crippen molar-refractivity contribution in [2.45, 2.75) is 51.8 Å². The summed E-state index contributed by atoms with van der Waals surface area (Å²) in [7, 11) is 0. The van der Waals surface area contributed by atoms with E-state index in [1.165, 1.54) is 27.7 Å². The second-order valence-electron chi connectivity index (χ2n) is 5.81. The summed E-state index contributed by atoms with van der Waals surface area (Å²) >= 11 is 0. The van der Waals surface area contributed by atoms with Crippen LogP contribution in [0.25, 0.3) is 10.9 Å². The molecule has 0 bridgehead atoms. The van der Waals surface area contributed by atoms with Gasteiger partial charge in [0.15, 0.2) is 0 Å². The molecule has 1 saturated carbocycles. The minimum absolute atomic E-state index is 0.106. The molecule has 1 fully saturated rings. The molecule has 1 aliphatic carbocycles. The zero-order valence-corrected chi connectivity index (χ0v) is 11.7. The second kappa shape index (κ2) is 4.99. The van der Waals surface area contributed by atoms with Crippen LogP contribution in [0.5, 0.6) is 0 Å². The Balaban J connectivity index is 1.73. The summed E-state index contributed by atoms with van der Waals surface area (Å²) in [6.07, 6.45) is 2.80. The molecule has 0 radical (unpaired) electrons. The zero-order valence-electron chi connectivity index (χ0n) is 11.7. The van der Waals surface area contributed by atoms with Gasteiger partial charge in [-0.05, 0) is 56.4 Å². The quantitative estimate of drug-likeness (QED) is 0.793. The van der Waals surface area contributed by atoms with Gasteiger partial charge in [0.2, 0.25) is 0 Å². The molecule has 0 unspecified atom stereocenters. The number of nitrogens with one attached hydrogen (secondary N) is 2.